The number of nitrogen functional groups attached to an aromatic ring is 1. The normalized spacial score (nSPS) is 10.4. The molecule has 0 aliphatic rings. The van der Waals surface area contributed by atoms with Crippen molar-refractivity contribution in [2.75, 3.05) is 11.1 Å². The fraction of sp³-hybridized carbons (Fsp3) is 0.0625. The topological polar surface area (TPSA) is 80.9 Å². The second-order valence-electron chi connectivity index (χ2n) is 4.80. The first-order valence-electron chi connectivity index (χ1n) is 6.70. The fourth-order valence-electron chi connectivity index (χ4n) is 1.92. The monoisotopic (exact) mass is 310 g/mol. The highest BCUT2D eigenvalue weighted by molar-refractivity contribution is 7.18. The van der Waals surface area contributed by atoms with E-state index < -0.39 is 0 Å². The number of aryl methyl sites for hydroxylation is 1. The zero-order valence-electron chi connectivity index (χ0n) is 11.9. The van der Waals surface area contributed by atoms with Gasteiger partial charge in [-0.25, -0.2) is 0 Å². The summed E-state index contributed by atoms with van der Waals surface area (Å²) in [5, 5.41) is 12.0. The van der Waals surface area contributed by atoms with Crippen molar-refractivity contribution < 1.29 is 4.79 Å². The number of benzene rings is 2. The van der Waals surface area contributed by atoms with Crippen LogP contribution < -0.4 is 11.1 Å². The number of rotatable bonds is 3. The van der Waals surface area contributed by atoms with Crippen LogP contribution in [0.15, 0.2) is 48.5 Å². The summed E-state index contributed by atoms with van der Waals surface area (Å²) in [7, 11) is 0. The van der Waals surface area contributed by atoms with Crippen molar-refractivity contribution in [2.45, 2.75) is 6.92 Å². The van der Waals surface area contributed by atoms with Gasteiger partial charge in [0.15, 0.2) is 0 Å². The van der Waals surface area contributed by atoms with E-state index in [2.05, 4.69) is 15.5 Å². The third-order valence-electron chi connectivity index (χ3n) is 3.21. The summed E-state index contributed by atoms with van der Waals surface area (Å²) in [5.41, 5.74) is 9.11. The molecule has 0 atom stereocenters. The Kier molecular flexibility index (Phi) is 3.84. The molecule has 6 heteroatoms. The summed E-state index contributed by atoms with van der Waals surface area (Å²) in [6, 6.07) is 14.7. The number of anilines is 2. The number of nitrogens with zero attached hydrogens (tertiary/aromatic N) is 2. The van der Waals surface area contributed by atoms with E-state index in [4.69, 9.17) is 5.73 Å². The Bertz CT molecular complexity index is 814. The van der Waals surface area contributed by atoms with Gasteiger partial charge in [-0.15, -0.1) is 10.2 Å². The van der Waals surface area contributed by atoms with Crippen LogP contribution in [0.1, 0.15) is 15.9 Å². The van der Waals surface area contributed by atoms with Gasteiger partial charge in [-0.1, -0.05) is 41.7 Å². The van der Waals surface area contributed by atoms with Crippen LogP contribution in [0.5, 0.6) is 0 Å². The number of amides is 1. The molecule has 1 aromatic heterocycles. The lowest BCUT2D eigenvalue weighted by Gasteiger charge is -2.01. The first-order valence-corrected chi connectivity index (χ1v) is 7.51. The van der Waals surface area contributed by atoms with Gasteiger partial charge in [-0.2, -0.15) is 0 Å². The summed E-state index contributed by atoms with van der Waals surface area (Å²) in [5.74, 6) is -0.202. The average molecular weight is 310 g/mol. The standard InChI is InChI=1S/C16H14N4OS/c1-10-7-8-12(9-13(10)17)15-19-20-16(22-15)18-14(21)11-5-3-2-4-6-11/h2-9H,17H2,1H3,(H,18,20,21). The Balaban J connectivity index is 1.79. The van der Waals surface area contributed by atoms with Gasteiger partial charge in [-0.05, 0) is 30.7 Å². The Labute approximate surface area is 131 Å². The van der Waals surface area contributed by atoms with E-state index in [1.54, 1.807) is 12.1 Å². The van der Waals surface area contributed by atoms with Crippen molar-refractivity contribution in [2.24, 2.45) is 0 Å². The minimum atomic E-state index is -0.202. The quantitative estimate of drug-likeness (QED) is 0.727. The number of carbonyl (C=O) groups is 1. The molecule has 2 aromatic carbocycles. The molecule has 0 unspecified atom stereocenters. The average Bonchev–Trinajstić information content (AvgIpc) is 2.99. The lowest BCUT2D eigenvalue weighted by molar-refractivity contribution is 0.102. The van der Waals surface area contributed by atoms with Crippen LogP contribution in [-0.2, 0) is 0 Å². The molecule has 3 rings (SSSR count). The third-order valence-corrected chi connectivity index (χ3v) is 4.10. The van der Waals surface area contributed by atoms with Crippen LogP contribution in [0.4, 0.5) is 10.8 Å². The van der Waals surface area contributed by atoms with Crippen molar-refractivity contribution in [1.29, 1.82) is 0 Å². The van der Waals surface area contributed by atoms with E-state index in [9.17, 15) is 4.79 Å². The van der Waals surface area contributed by atoms with Crippen LogP contribution in [0, 0.1) is 6.92 Å². The molecule has 3 N–H and O–H groups in total. The zero-order chi connectivity index (χ0) is 15.5. The second kappa shape index (κ2) is 5.95. The molecule has 0 saturated heterocycles. The van der Waals surface area contributed by atoms with Crippen molar-refractivity contribution >= 4 is 28.1 Å². The van der Waals surface area contributed by atoms with Gasteiger partial charge in [-0.3, -0.25) is 10.1 Å². The minimum absolute atomic E-state index is 0.202. The van der Waals surface area contributed by atoms with Crippen LogP contribution in [0.2, 0.25) is 0 Å². The summed E-state index contributed by atoms with van der Waals surface area (Å²) in [6.45, 7) is 1.95. The first kappa shape index (κ1) is 14.2. The Morgan fingerprint density at radius 1 is 1.14 bits per heavy atom. The predicted molar refractivity (Wildman–Crippen MR) is 88.9 cm³/mol. The molecule has 22 heavy (non-hydrogen) atoms. The van der Waals surface area contributed by atoms with Gasteiger partial charge in [0.2, 0.25) is 5.13 Å². The van der Waals surface area contributed by atoms with Crippen LogP contribution in [0.25, 0.3) is 10.6 Å². The lowest BCUT2D eigenvalue weighted by Crippen LogP contribution is -2.11. The Hall–Kier alpha value is -2.73. The summed E-state index contributed by atoms with van der Waals surface area (Å²) < 4.78 is 0. The van der Waals surface area contributed by atoms with Crippen LogP contribution in [0.3, 0.4) is 0 Å². The van der Waals surface area contributed by atoms with Gasteiger partial charge in [0, 0.05) is 16.8 Å². The third kappa shape index (κ3) is 2.96. The Morgan fingerprint density at radius 3 is 2.64 bits per heavy atom. The molecular formula is C16H14N4OS. The molecule has 5 nitrogen and oxygen atoms in total. The molecule has 3 aromatic rings. The summed E-state index contributed by atoms with van der Waals surface area (Å²) in [6.07, 6.45) is 0. The second-order valence-corrected chi connectivity index (χ2v) is 5.78. The number of hydrogen-bond acceptors (Lipinski definition) is 5. The molecule has 0 aliphatic carbocycles. The SMILES string of the molecule is Cc1ccc(-c2nnc(NC(=O)c3ccccc3)s2)cc1N. The number of nitrogens with one attached hydrogen (secondary N) is 1. The highest BCUT2D eigenvalue weighted by atomic mass is 32.1. The summed E-state index contributed by atoms with van der Waals surface area (Å²) in [4.78, 5) is 12.1. The van der Waals surface area contributed by atoms with E-state index in [1.807, 2.05) is 43.3 Å². The zero-order valence-corrected chi connectivity index (χ0v) is 12.7. The molecule has 110 valence electrons. The van der Waals surface area contributed by atoms with E-state index in [-0.39, 0.29) is 5.91 Å². The smallest absolute Gasteiger partial charge is 0.257 e. The number of hydrogen-bond donors (Lipinski definition) is 2. The molecular weight excluding hydrogens is 296 g/mol. The molecule has 0 spiro atoms. The van der Waals surface area contributed by atoms with Gasteiger partial charge in [0.25, 0.3) is 5.91 Å². The first-order chi connectivity index (χ1) is 10.6. The van der Waals surface area contributed by atoms with Crippen LogP contribution in [-0.4, -0.2) is 16.1 Å². The molecule has 0 saturated carbocycles. The Morgan fingerprint density at radius 2 is 1.91 bits per heavy atom. The highest BCUT2D eigenvalue weighted by Crippen LogP contribution is 2.28. The van der Waals surface area contributed by atoms with Crippen molar-refractivity contribution in [1.82, 2.24) is 10.2 Å². The number of nitrogens with two attached hydrogens (primary N) is 1. The van der Waals surface area contributed by atoms with Gasteiger partial charge in [0.05, 0.1) is 0 Å². The summed E-state index contributed by atoms with van der Waals surface area (Å²) >= 11 is 1.31. The molecule has 0 radical (unpaired) electrons. The number of carbonyl (C=O) groups excluding carboxylic acids is 1. The molecule has 0 fully saturated rings. The van der Waals surface area contributed by atoms with E-state index >= 15 is 0 Å². The maximum absolute atomic E-state index is 12.1. The van der Waals surface area contributed by atoms with E-state index in [1.165, 1.54) is 11.3 Å². The van der Waals surface area contributed by atoms with E-state index in [0.717, 1.165) is 16.1 Å². The molecule has 1 heterocycles. The lowest BCUT2D eigenvalue weighted by atomic mass is 10.1. The highest BCUT2D eigenvalue weighted by Gasteiger charge is 2.11. The van der Waals surface area contributed by atoms with Gasteiger partial charge >= 0.3 is 0 Å². The molecule has 0 aliphatic heterocycles. The van der Waals surface area contributed by atoms with Crippen molar-refractivity contribution in [3.63, 3.8) is 0 Å². The number of aromatic nitrogens is 2. The predicted octanol–water partition coefficient (Wildman–Crippen LogP) is 3.35. The van der Waals surface area contributed by atoms with Crippen LogP contribution >= 0.6 is 11.3 Å². The van der Waals surface area contributed by atoms with E-state index in [0.29, 0.717) is 16.4 Å². The van der Waals surface area contributed by atoms with Gasteiger partial charge < -0.3 is 5.73 Å². The maximum atomic E-state index is 12.1. The maximum Gasteiger partial charge on any atom is 0.257 e. The fourth-order valence-corrected chi connectivity index (χ4v) is 2.66. The minimum Gasteiger partial charge on any atom is -0.398 e. The van der Waals surface area contributed by atoms with Gasteiger partial charge in [0.1, 0.15) is 5.01 Å². The van der Waals surface area contributed by atoms with Crippen molar-refractivity contribution in [3.05, 3.63) is 59.7 Å². The molecule has 0 bridgehead atoms. The largest absolute Gasteiger partial charge is 0.398 e. The molecule has 1 amide bonds. The van der Waals surface area contributed by atoms with Crippen molar-refractivity contribution in [3.8, 4) is 10.6 Å².